The minimum Gasteiger partial charge on any atom is -0.481 e. The van der Waals surface area contributed by atoms with E-state index in [0.29, 0.717) is 37.6 Å². The average molecular weight is 407 g/mol. The molecule has 25 heavy (non-hydrogen) atoms. The Morgan fingerprint density at radius 3 is 2.36 bits per heavy atom. The van der Waals surface area contributed by atoms with Crippen molar-refractivity contribution in [1.29, 1.82) is 0 Å². The van der Waals surface area contributed by atoms with E-state index in [1.807, 2.05) is 35.2 Å². The number of amides is 1. The number of rotatable bonds is 4. The summed E-state index contributed by atoms with van der Waals surface area (Å²) in [6.07, 6.45) is -0.554. The Kier molecular flexibility index (Phi) is 5.58. The van der Waals surface area contributed by atoms with Gasteiger partial charge in [0.1, 0.15) is 11.6 Å². The molecule has 0 radical (unpaired) electrons. The van der Waals surface area contributed by atoms with Gasteiger partial charge in [-0.2, -0.15) is 0 Å². The zero-order valence-electron chi connectivity index (χ0n) is 14.0. The molecule has 0 unspecified atom stereocenters. The molecule has 1 aliphatic rings. The van der Waals surface area contributed by atoms with E-state index in [9.17, 15) is 9.18 Å². The van der Waals surface area contributed by atoms with Gasteiger partial charge >= 0.3 is 0 Å². The summed E-state index contributed by atoms with van der Waals surface area (Å²) < 4.78 is 20.6. The molecule has 2 aromatic rings. The molecule has 0 bridgehead atoms. The molecule has 4 nitrogen and oxygen atoms in total. The number of nitrogens with zero attached hydrogens (tertiary/aromatic N) is 2. The Bertz CT molecular complexity index is 730. The molecule has 0 spiro atoms. The smallest absolute Gasteiger partial charge is 0.263 e. The van der Waals surface area contributed by atoms with Gasteiger partial charge in [-0.25, -0.2) is 4.39 Å². The summed E-state index contributed by atoms with van der Waals surface area (Å²) >= 11 is 3.37. The fourth-order valence-corrected chi connectivity index (χ4v) is 3.17. The first-order valence-electron chi connectivity index (χ1n) is 8.25. The fraction of sp³-hybridized carbons (Fsp3) is 0.316. The Balaban J connectivity index is 1.56. The molecule has 0 aromatic heterocycles. The molecule has 0 saturated carbocycles. The maximum atomic E-state index is 13.9. The minimum absolute atomic E-state index is 0.0453. The van der Waals surface area contributed by atoms with Crippen LogP contribution in [0.3, 0.4) is 0 Å². The number of benzene rings is 2. The monoisotopic (exact) mass is 406 g/mol. The van der Waals surface area contributed by atoms with Crippen LogP contribution < -0.4 is 9.64 Å². The van der Waals surface area contributed by atoms with E-state index in [1.54, 1.807) is 24.0 Å². The number of hydrogen-bond donors (Lipinski definition) is 0. The van der Waals surface area contributed by atoms with Gasteiger partial charge < -0.3 is 14.5 Å². The van der Waals surface area contributed by atoms with Gasteiger partial charge in [-0.15, -0.1) is 0 Å². The fourth-order valence-electron chi connectivity index (χ4n) is 2.90. The van der Waals surface area contributed by atoms with Gasteiger partial charge in [-0.1, -0.05) is 28.1 Å². The molecule has 1 heterocycles. The lowest BCUT2D eigenvalue weighted by molar-refractivity contribution is -0.138. The van der Waals surface area contributed by atoms with Gasteiger partial charge in [0.2, 0.25) is 0 Å². The van der Waals surface area contributed by atoms with Crippen molar-refractivity contribution in [3.63, 3.8) is 0 Å². The average Bonchev–Trinajstić information content (AvgIpc) is 2.63. The van der Waals surface area contributed by atoms with Crippen LogP contribution in [-0.4, -0.2) is 43.1 Å². The highest BCUT2D eigenvalue weighted by molar-refractivity contribution is 9.10. The quantitative estimate of drug-likeness (QED) is 0.775. The standard InChI is InChI=1S/C19H20BrFN2O2/c1-14(25-16-8-6-15(20)7-9-16)19(24)23-12-10-22(11-13-23)18-5-3-2-4-17(18)21/h2-9,14H,10-13H2,1H3/t14-/m1/s1. The molecule has 132 valence electrons. The van der Waals surface area contributed by atoms with Gasteiger partial charge in [0, 0.05) is 30.7 Å². The molecule has 1 atom stereocenters. The first kappa shape index (κ1) is 17.7. The first-order chi connectivity index (χ1) is 12.0. The number of ether oxygens (including phenoxy) is 1. The van der Waals surface area contributed by atoms with Crippen LogP contribution in [0.5, 0.6) is 5.75 Å². The van der Waals surface area contributed by atoms with Crippen molar-refractivity contribution in [2.24, 2.45) is 0 Å². The normalized spacial score (nSPS) is 15.8. The highest BCUT2D eigenvalue weighted by Crippen LogP contribution is 2.21. The largest absolute Gasteiger partial charge is 0.481 e. The van der Waals surface area contributed by atoms with Crippen LogP contribution in [0.2, 0.25) is 0 Å². The van der Waals surface area contributed by atoms with Crippen molar-refractivity contribution in [1.82, 2.24) is 4.90 Å². The highest BCUT2D eigenvalue weighted by atomic mass is 79.9. The highest BCUT2D eigenvalue weighted by Gasteiger charge is 2.26. The Hall–Kier alpha value is -2.08. The van der Waals surface area contributed by atoms with Crippen LogP contribution in [0.1, 0.15) is 6.92 Å². The number of carbonyl (C=O) groups is 1. The molecule has 1 fully saturated rings. The molecule has 6 heteroatoms. The van der Waals surface area contributed by atoms with E-state index in [0.717, 1.165) is 4.47 Å². The maximum Gasteiger partial charge on any atom is 0.263 e. The molecular weight excluding hydrogens is 387 g/mol. The van der Waals surface area contributed by atoms with Crippen molar-refractivity contribution < 1.29 is 13.9 Å². The van der Waals surface area contributed by atoms with Crippen molar-refractivity contribution in [2.45, 2.75) is 13.0 Å². The summed E-state index contributed by atoms with van der Waals surface area (Å²) in [6.45, 7) is 4.09. The third-order valence-corrected chi connectivity index (χ3v) is 4.79. The van der Waals surface area contributed by atoms with E-state index in [1.165, 1.54) is 6.07 Å². The van der Waals surface area contributed by atoms with Gasteiger partial charge in [0.05, 0.1) is 5.69 Å². The second-order valence-corrected chi connectivity index (χ2v) is 6.89. The number of carbonyl (C=O) groups excluding carboxylic acids is 1. The molecule has 1 aliphatic heterocycles. The van der Waals surface area contributed by atoms with Gasteiger partial charge in [0.25, 0.3) is 5.91 Å². The summed E-state index contributed by atoms with van der Waals surface area (Å²) in [4.78, 5) is 16.3. The van der Waals surface area contributed by atoms with E-state index < -0.39 is 6.10 Å². The number of hydrogen-bond acceptors (Lipinski definition) is 3. The second kappa shape index (κ2) is 7.87. The summed E-state index contributed by atoms with van der Waals surface area (Å²) in [5, 5.41) is 0. The lowest BCUT2D eigenvalue weighted by Crippen LogP contribution is -2.52. The Morgan fingerprint density at radius 1 is 1.08 bits per heavy atom. The van der Waals surface area contributed by atoms with Gasteiger partial charge in [-0.3, -0.25) is 4.79 Å². The van der Waals surface area contributed by atoms with Crippen LogP contribution in [0.25, 0.3) is 0 Å². The lowest BCUT2D eigenvalue weighted by atomic mass is 10.2. The third-order valence-electron chi connectivity index (χ3n) is 4.26. The van der Waals surface area contributed by atoms with Crippen LogP contribution >= 0.6 is 15.9 Å². The third kappa shape index (κ3) is 4.31. The molecule has 0 aliphatic carbocycles. The topological polar surface area (TPSA) is 32.8 Å². The number of halogens is 2. The number of anilines is 1. The molecular formula is C19H20BrFN2O2. The summed E-state index contributed by atoms with van der Waals surface area (Å²) in [5.74, 6) is 0.388. The first-order valence-corrected chi connectivity index (χ1v) is 9.04. The van der Waals surface area contributed by atoms with Crippen LogP contribution in [0.4, 0.5) is 10.1 Å². The van der Waals surface area contributed by atoms with Crippen LogP contribution in [0, 0.1) is 5.82 Å². The Labute approximate surface area is 155 Å². The summed E-state index contributed by atoms with van der Waals surface area (Å²) in [6, 6.07) is 14.1. The predicted molar refractivity (Wildman–Crippen MR) is 99.4 cm³/mol. The lowest BCUT2D eigenvalue weighted by Gasteiger charge is -2.37. The number of piperazine rings is 1. The van der Waals surface area contributed by atoms with Crippen molar-refractivity contribution in [3.05, 3.63) is 58.8 Å². The SMILES string of the molecule is C[C@@H](Oc1ccc(Br)cc1)C(=O)N1CCN(c2ccccc2F)CC1. The zero-order chi connectivity index (χ0) is 17.8. The van der Waals surface area contributed by atoms with Crippen molar-refractivity contribution in [3.8, 4) is 5.75 Å². The second-order valence-electron chi connectivity index (χ2n) is 5.98. The van der Waals surface area contributed by atoms with Crippen LogP contribution in [-0.2, 0) is 4.79 Å². The van der Waals surface area contributed by atoms with Crippen molar-refractivity contribution >= 4 is 27.5 Å². The summed E-state index contributed by atoms with van der Waals surface area (Å²) in [7, 11) is 0. The maximum absolute atomic E-state index is 13.9. The van der Waals surface area contributed by atoms with Crippen molar-refractivity contribution in [2.75, 3.05) is 31.1 Å². The van der Waals surface area contributed by atoms with E-state index in [2.05, 4.69) is 15.9 Å². The minimum atomic E-state index is -0.554. The molecule has 1 saturated heterocycles. The van der Waals surface area contributed by atoms with Crippen LogP contribution in [0.15, 0.2) is 53.0 Å². The molecule has 2 aromatic carbocycles. The van der Waals surface area contributed by atoms with Gasteiger partial charge in [-0.05, 0) is 43.3 Å². The van der Waals surface area contributed by atoms with E-state index in [4.69, 9.17) is 4.74 Å². The Morgan fingerprint density at radius 2 is 1.72 bits per heavy atom. The van der Waals surface area contributed by atoms with Gasteiger partial charge in [0.15, 0.2) is 6.10 Å². The zero-order valence-corrected chi connectivity index (χ0v) is 15.6. The molecule has 3 rings (SSSR count). The van der Waals surface area contributed by atoms with E-state index >= 15 is 0 Å². The molecule has 0 N–H and O–H groups in total. The summed E-state index contributed by atoms with van der Waals surface area (Å²) in [5.41, 5.74) is 0.591. The van der Waals surface area contributed by atoms with E-state index in [-0.39, 0.29) is 11.7 Å². The number of para-hydroxylation sites is 1. The predicted octanol–water partition coefficient (Wildman–Crippen LogP) is 3.70. The molecule has 1 amide bonds.